The first-order valence-corrected chi connectivity index (χ1v) is 9.27. The summed E-state index contributed by atoms with van der Waals surface area (Å²) in [6.45, 7) is 8.11. The number of rotatable bonds is 6. The number of benzene rings is 1. The molecule has 0 aliphatic carbocycles. The summed E-state index contributed by atoms with van der Waals surface area (Å²) in [6, 6.07) is 7.75. The highest BCUT2D eigenvalue weighted by atomic mass is 16.5. The first-order chi connectivity index (χ1) is 12.2. The maximum atomic E-state index is 11.8. The van der Waals surface area contributed by atoms with Gasteiger partial charge < -0.3 is 20.3 Å². The van der Waals surface area contributed by atoms with Gasteiger partial charge in [-0.2, -0.15) is 0 Å². The van der Waals surface area contributed by atoms with E-state index in [0.717, 1.165) is 31.6 Å². The molecule has 1 fully saturated rings. The van der Waals surface area contributed by atoms with Crippen molar-refractivity contribution < 1.29 is 19.7 Å². The van der Waals surface area contributed by atoms with Crippen LogP contribution in [0.1, 0.15) is 45.6 Å². The second kappa shape index (κ2) is 8.84. The second-order valence-electron chi connectivity index (χ2n) is 8.24. The molecule has 1 aliphatic rings. The van der Waals surface area contributed by atoms with Gasteiger partial charge in [0.25, 0.3) is 5.91 Å². The fourth-order valence-electron chi connectivity index (χ4n) is 3.10. The lowest BCUT2D eigenvalue weighted by molar-refractivity contribution is -0.124. The topological polar surface area (TPSA) is 82.0 Å². The highest BCUT2D eigenvalue weighted by Crippen LogP contribution is 2.23. The Morgan fingerprint density at radius 3 is 2.54 bits per heavy atom. The van der Waals surface area contributed by atoms with Crippen LogP contribution in [0.3, 0.4) is 0 Å². The van der Waals surface area contributed by atoms with Gasteiger partial charge in [-0.3, -0.25) is 9.69 Å². The number of aliphatic hydroxyl groups excluding tert-OH is 1. The smallest absolute Gasteiger partial charge is 0.258 e. The average molecular weight is 364 g/mol. The number of nitrogens with zero attached hydrogens (tertiary/aromatic N) is 1. The number of hydrogen-bond acceptors (Lipinski definition) is 5. The minimum atomic E-state index is -0.930. The van der Waals surface area contributed by atoms with Crippen LogP contribution >= 0.6 is 0 Å². The molecule has 1 atom stereocenters. The first kappa shape index (κ1) is 20.7. The van der Waals surface area contributed by atoms with Crippen molar-refractivity contribution in [3.63, 3.8) is 0 Å². The van der Waals surface area contributed by atoms with E-state index in [0.29, 0.717) is 18.6 Å². The standard InChI is InChI=1S/C20H32N2O4/c1-19(2,3)21-18(24)14-26-17-7-5-16(6-8-17)13-22-11-4-9-20(25,15-23)10-12-22/h5-8,23,25H,4,9-15H2,1-3H3,(H,21,24)/t20-/m1/s1. The third kappa shape index (κ3) is 6.94. The molecule has 0 bridgehead atoms. The minimum absolute atomic E-state index is 0.00246. The van der Waals surface area contributed by atoms with E-state index >= 15 is 0 Å². The summed E-state index contributed by atoms with van der Waals surface area (Å²) in [6.07, 6.45) is 2.11. The van der Waals surface area contributed by atoms with Crippen molar-refractivity contribution in [2.24, 2.45) is 0 Å². The van der Waals surface area contributed by atoms with Gasteiger partial charge in [-0.1, -0.05) is 12.1 Å². The molecular weight excluding hydrogens is 332 g/mol. The molecule has 1 amide bonds. The van der Waals surface area contributed by atoms with Crippen LogP contribution in [-0.4, -0.2) is 58.5 Å². The second-order valence-corrected chi connectivity index (χ2v) is 8.24. The Labute approximate surface area is 156 Å². The van der Waals surface area contributed by atoms with Crippen molar-refractivity contribution in [2.75, 3.05) is 26.3 Å². The lowest BCUT2D eigenvalue weighted by Gasteiger charge is -2.24. The Kier molecular flexibility index (Phi) is 7.03. The number of amides is 1. The minimum Gasteiger partial charge on any atom is -0.484 e. The van der Waals surface area contributed by atoms with E-state index in [1.807, 2.05) is 45.0 Å². The Bertz CT molecular complexity index is 582. The zero-order valence-electron chi connectivity index (χ0n) is 16.1. The normalized spacial score (nSPS) is 21.9. The molecule has 3 N–H and O–H groups in total. The summed E-state index contributed by atoms with van der Waals surface area (Å²) in [4.78, 5) is 14.1. The van der Waals surface area contributed by atoms with Crippen LogP contribution < -0.4 is 10.1 Å². The van der Waals surface area contributed by atoms with Gasteiger partial charge in [0.05, 0.1) is 12.2 Å². The largest absolute Gasteiger partial charge is 0.484 e. The third-order valence-electron chi connectivity index (χ3n) is 4.52. The van der Waals surface area contributed by atoms with E-state index in [-0.39, 0.29) is 24.7 Å². The molecule has 1 aromatic carbocycles. The van der Waals surface area contributed by atoms with Gasteiger partial charge in [0.2, 0.25) is 0 Å². The van der Waals surface area contributed by atoms with Crippen LogP contribution in [-0.2, 0) is 11.3 Å². The van der Waals surface area contributed by atoms with Gasteiger partial charge in [0.15, 0.2) is 6.61 Å². The summed E-state index contributed by atoms with van der Waals surface area (Å²) in [5, 5.41) is 22.4. The number of likely N-dealkylation sites (tertiary alicyclic amines) is 1. The fraction of sp³-hybridized carbons (Fsp3) is 0.650. The molecule has 1 saturated heterocycles. The number of ether oxygens (including phenoxy) is 1. The van der Waals surface area contributed by atoms with E-state index in [1.165, 1.54) is 0 Å². The lowest BCUT2D eigenvalue weighted by atomic mass is 9.96. The maximum absolute atomic E-state index is 11.8. The van der Waals surface area contributed by atoms with Crippen molar-refractivity contribution in [3.8, 4) is 5.75 Å². The van der Waals surface area contributed by atoms with Crippen LogP contribution in [0.15, 0.2) is 24.3 Å². The molecule has 26 heavy (non-hydrogen) atoms. The lowest BCUT2D eigenvalue weighted by Crippen LogP contribution is -2.43. The average Bonchev–Trinajstić information content (AvgIpc) is 2.75. The van der Waals surface area contributed by atoms with Crippen LogP contribution in [0.5, 0.6) is 5.75 Å². The molecule has 6 heteroatoms. The number of aliphatic hydroxyl groups is 2. The van der Waals surface area contributed by atoms with Crippen LogP contribution in [0, 0.1) is 0 Å². The van der Waals surface area contributed by atoms with Gasteiger partial charge in [-0.05, 0) is 64.3 Å². The predicted molar refractivity (Wildman–Crippen MR) is 101 cm³/mol. The number of nitrogens with one attached hydrogen (secondary N) is 1. The van der Waals surface area contributed by atoms with E-state index in [9.17, 15) is 15.0 Å². The molecule has 0 radical (unpaired) electrons. The van der Waals surface area contributed by atoms with Crippen LogP contribution in [0.4, 0.5) is 0 Å². The van der Waals surface area contributed by atoms with Crippen LogP contribution in [0.2, 0.25) is 0 Å². The number of carbonyl (C=O) groups is 1. The van der Waals surface area contributed by atoms with Crippen LogP contribution in [0.25, 0.3) is 0 Å². The van der Waals surface area contributed by atoms with Gasteiger partial charge in [0.1, 0.15) is 5.75 Å². The summed E-state index contributed by atoms with van der Waals surface area (Å²) in [5.74, 6) is 0.533. The monoisotopic (exact) mass is 364 g/mol. The molecule has 0 aromatic heterocycles. The third-order valence-corrected chi connectivity index (χ3v) is 4.52. The Balaban J connectivity index is 1.81. The Hall–Kier alpha value is -1.63. The SMILES string of the molecule is CC(C)(C)NC(=O)COc1ccc(CN2CCC[C@](O)(CO)CC2)cc1. The summed E-state index contributed by atoms with van der Waals surface area (Å²) in [7, 11) is 0. The zero-order chi connectivity index (χ0) is 19.2. The van der Waals surface area contributed by atoms with Gasteiger partial charge in [0, 0.05) is 18.6 Å². The zero-order valence-corrected chi connectivity index (χ0v) is 16.1. The molecule has 1 aromatic rings. The highest BCUT2D eigenvalue weighted by molar-refractivity contribution is 5.78. The summed E-state index contributed by atoms with van der Waals surface area (Å²) >= 11 is 0. The maximum Gasteiger partial charge on any atom is 0.258 e. The number of carbonyl (C=O) groups excluding carboxylic acids is 1. The Morgan fingerprint density at radius 1 is 1.23 bits per heavy atom. The van der Waals surface area contributed by atoms with Crippen molar-refractivity contribution in [3.05, 3.63) is 29.8 Å². The molecular formula is C20H32N2O4. The molecule has 0 spiro atoms. The quantitative estimate of drug-likeness (QED) is 0.716. The highest BCUT2D eigenvalue weighted by Gasteiger charge is 2.29. The molecule has 1 heterocycles. The first-order valence-electron chi connectivity index (χ1n) is 9.27. The van der Waals surface area contributed by atoms with Gasteiger partial charge >= 0.3 is 0 Å². The van der Waals surface area contributed by atoms with E-state index in [4.69, 9.17) is 4.74 Å². The Morgan fingerprint density at radius 2 is 1.92 bits per heavy atom. The summed E-state index contributed by atoms with van der Waals surface area (Å²) < 4.78 is 5.53. The van der Waals surface area contributed by atoms with Crippen molar-refractivity contribution in [1.82, 2.24) is 10.2 Å². The predicted octanol–water partition coefficient (Wildman–Crippen LogP) is 1.69. The van der Waals surface area contributed by atoms with E-state index in [1.54, 1.807) is 0 Å². The number of hydrogen-bond donors (Lipinski definition) is 3. The van der Waals surface area contributed by atoms with E-state index in [2.05, 4.69) is 10.2 Å². The van der Waals surface area contributed by atoms with Crippen molar-refractivity contribution in [2.45, 2.75) is 57.7 Å². The summed E-state index contributed by atoms with van der Waals surface area (Å²) in [5.41, 5.74) is -0.0365. The fourth-order valence-corrected chi connectivity index (χ4v) is 3.10. The van der Waals surface area contributed by atoms with E-state index < -0.39 is 5.60 Å². The van der Waals surface area contributed by atoms with Crippen molar-refractivity contribution in [1.29, 1.82) is 0 Å². The van der Waals surface area contributed by atoms with Crippen molar-refractivity contribution >= 4 is 5.91 Å². The molecule has 146 valence electrons. The molecule has 0 unspecified atom stereocenters. The molecule has 0 saturated carbocycles. The molecule has 6 nitrogen and oxygen atoms in total. The molecule has 2 rings (SSSR count). The van der Waals surface area contributed by atoms with Gasteiger partial charge in [-0.15, -0.1) is 0 Å². The molecule has 1 aliphatic heterocycles. The van der Waals surface area contributed by atoms with Gasteiger partial charge in [-0.25, -0.2) is 0 Å².